The first-order valence-corrected chi connectivity index (χ1v) is 7.22. The van der Waals surface area contributed by atoms with Crippen molar-refractivity contribution in [3.05, 3.63) is 78.7 Å². The van der Waals surface area contributed by atoms with Gasteiger partial charge < -0.3 is 5.73 Å². The number of hydrogen-bond acceptors (Lipinski definition) is 2. The number of pyridine rings is 1. The Morgan fingerprint density at radius 2 is 1.86 bits per heavy atom. The van der Waals surface area contributed by atoms with Crippen LogP contribution in [0.1, 0.15) is 19.4 Å². The Morgan fingerprint density at radius 1 is 1.09 bits per heavy atom. The number of rotatable bonds is 4. The Balaban J connectivity index is 2.60. The summed E-state index contributed by atoms with van der Waals surface area (Å²) in [6.07, 6.45) is 9.12. The van der Waals surface area contributed by atoms with Crippen LogP contribution in [0.15, 0.2) is 73.1 Å². The molecular weight excluding hydrogens is 268 g/mol. The molecule has 0 spiro atoms. The second-order valence-electron chi connectivity index (χ2n) is 5.08. The SMILES string of the molecule is CC#CC(C)(/C=C\C=C/N)c1ccccc1-c1ccccn1. The zero-order valence-corrected chi connectivity index (χ0v) is 13.0. The largest absolute Gasteiger partial charge is 0.405 e. The van der Waals surface area contributed by atoms with Crippen LogP contribution in [-0.2, 0) is 5.41 Å². The molecule has 2 N–H and O–H groups in total. The van der Waals surface area contributed by atoms with Gasteiger partial charge in [0, 0.05) is 11.8 Å². The predicted octanol–water partition coefficient (Wildman–Crippen LogP) is 4.06. The van der Waals surface area contributed by atoms with Crippen molar-refractivity contribution >= 4 is 0 Å². The lowest BCUT2D eigenvalue weighted by Gasteiger charge is -2.23. The summed E-state index contributed by atoms with van der Waals surface area (Å²) < 4.78 is 0. The fourth-order valence-corrected chi connectivity index (χ4v) is 2.45. The van der Waals surface area contributed by atoms with E-state index in [2.05, 4.69) is 42.0 Å². The fourth-order valence-electron chi connectivity index (χ4n) is 2.45. The minimum Gasteiger partial charge on any atom is -0.405 e. The van der Waals surface area contributed by atoms with Gasteiger partial charge in [0.2, 0.25) is 0 Å². The minimum atomic E-state index is -0.400. The minimum absolute atomic E-state index is 0.400. The quantitative estimate of drug-likeness (QED) is 0.680. The molecule has 1 unspecified atom stereocenters. The third-order valence-corrected chi connectivity index (χ3v) is 3.46. The van der Waals surface area contributed by atoms with Gasteiger partial charge in [0.1, 0.15) is 0 Å². The lowest BCUT2D eigenvalue weighted by Crippen LogP contribution is -2.17. The highest BCUT2D eigenvalue weighted by Crippen LogP contribution is 2.33. The van der Waals surface area contributed by atoms with Gasteiger partial charge in [0.05, 0.1) is 11.1 Å². The molecule has 1 aromatic heterocycles. The van der Waals surface area contributed by atoms with E-state index >= 15 is 0 Å². The van der Waals surface area contributed by atoms with Gasteiger partial charge in [-0.3, -0.25) is 4.98 Å². The maximum absolute atomic E-state index is 5.41. The topological polar surface area (TPSA) is 38.9 Å². The number of nitrogens with two attached hydrogens (primary N) is 1. The maximum Gasteiger partial charge on any atom is 0.0724 e. The highest BCUT2D eigenvalue weighted by molar-refractivity contribution is 5.67. The molecule has 2 rings (SSSR count). The average molecular weight is 288 g/mol. The summed E-state index contributed by atoms with van der Waals surface area (Å²) in [5, 5.41) is 0. The van der Waals surface area contributed by atoms with Crippen LogP contribution in [0.3, 0.4) is 0 Å². The molecule has 2 aromatic rings. The van der Waals surface area contributed by atoms with E-state index in [0.29, 0.717) is 0 Å². The number of nitrogens with zero attached hydrogens (tertiary/aromatic N) is 1. The third kappa shape index (κ3) is 3.45. The molecule has 0 bridgehead atoms. The van der Waals surface area contributed by atoms with E-state index in [9.17, 15) is 0 Å². The summed E-state index contributed by atoms with van der Waals surface area (Å²) in [6, 6.07) is 14.2. The number of benzene rings is 1. The van der Waals surface area contributed by atoms with Gasteiger partial charge in [-0.2, -0.15) is 0 Å². The van der Waals surface area contributed by atoms with Crippen molar-refractivity contribution in [1.29, 1.82) is 0 Å². The number of allylic oxidation sites excluding steroid dienone is 3. The molecule has 0 aliphatic carbocycles. The van der Waals surface area contributed by atoms with E-state index in [4.69, 9.17) is 5.73 Å². The molecule has 0 saturated carbocycles. The van der Waals surface area contributed by atoms with Crippen molar-refractivity contribution in [1.82, 2.24) is 4.98 Å². The Kier molecular flexibility index (Phi) is 5.16. The Hall–Kier alpha value is -2.79. The van der Waals surface area contributed by atoms with Crippen LogP contribution in [0.25, 0.3) is 11.3 Å². The monoisotopic (exact) mass is 288 g/mol. The van der Waals surface area contributed by atoms with Crippen LogP contribution in [0.4, 0.5) is 0 Å². The van der Waals surface area contributed by atoms with E-state index in [1.54, 1.807) is 6.08 Å². The van der Waals surface area contributed by atoms with Crippen molar-refractivity contribution in [2.24, 2.45) is 5.73 Å². The highest BCUT2D eigenvalue weighted by atomic mass is 14.7. The molecule has 2 nitrogen and oxygen atoms in total. The first kappa shape index (κ1) is 15.6. The van der Waals surface area contributed by atoms with Crippen molar-refractivity contribution in [2.45, 2.75) is 19.3 Å². The summed E-state index contributed by atoms with van der Waals surface area (Å²) in [5.74, 6) is 6.34. The summed E-state index contributed by atoms with van der Waals surface area (Å²) in [6.45, 7) is 3.96. The van der Waals surface area contributed by atoms with Crippen molar-refractivity contribution in [3.63, 3.8) is 0 Å². The van der Waals surface area contributed by atoms with E-state index in [1.807, 2.05) is 49.5 Å². The standard InChI is InChI=1S/C20H20N2/c1-3-13-20(2,14-7-8-15-21)18-11-5-4-10-17(18)19-12-6-9-16-22-19/h4-12,14-16H,21H2,1-2H3/b14-7-,15-8-. The molecule has 0 radical (unpaired) electrons. The summed E-state index contributed by atoms with van der Waals surface area (Å²) >= 11 is 0. The van der Waals surface area contributed by atoms with Crippen LogP contribution in [0, 0.1) is 11.8 Å². The van der Waals surface area contributed by atoms with Gasteiger partial charge in [-0.15, -0.1) is 5.92 Å². The number of aromatic nitrogens is 1. The second-order valence-corrected chi connectivity index (χ2v) is 5.08. The molecule has 1 atom stereocenters. The van der Waals surface area contributed by atoms with Gasteiger partial charge in [0.15, 0.2) is 0 Å². The van der Waals surface area contributed by atoms with E-state index in [-0.39, 0.29) is 0 Å². The van der Waals surface area contributed by atoms with Crippen LogP contribution in [0.2, 0.25) is 0 Å². The van der Waals surface area contributed by atoms with E-state index < -0.39 is 5.41 Å². The first-order chi connectivity index (χ1) is 10.7. The molecule has 0 fully saturated rings. The van der Waals surface area contributed by atoms with Crippen molar-refractivity contribution < 1.29 is 0 Å². The van der Waals surface area contributed by atoms with Crippen molar-refractivity contribution in [2.75, 3.05) is 0 Å². The summed E-state index contributed by atoms with van der Waals surface area (Å²) in [5.41, 5.74) is 8.18. The van der Waals surface area contributed by atoms with Gasteiger partial charge >= 0.3 is 0 Å². The molecule has 110 valence electrons. The first-order valence-electron chi connectivity index (χ1n) is 7.22. The molecule has 2 heteroatoms. The lowest BCUT2D eigenvalue weighted by atomic mass is 9.79. The van der Waals surface area contributed by atoms with Crippen LogP contribution in [-0.4, -0.2) is 4.98 Å². The highest BCUT2D eigenvalue weighted by Gasteiger charge is 2.24. The molecule has 0 aliphatic rings. The summed E-state index contributed by atoms with van der Waals surface area (Å²) in [4.78, 5) is 4.47. The average Bonchev–Trinajstić information content (AvgIpc) is 2.56. The van der Waals surface area contributed by atoms with Gasteiger partial charge in [0.25, 0.3) is 0 Å². The molecule has 0 amide bonds. The zero-order chi connectivity index (χ0) is 15.8. The van der Waals surface area contributed by atoms with Crippen LogP contribution >= 0.6 is 0 Å². The van der Waals surface area contributed by atoms with E-state index in [0.717, 1.165) is 16.8 Å². The molecule has 22 heavy (non-hydrogen) atoms. The second kappa shape index (κ2) is 7.28. The van der Waals surface area contributed by atoms with Gasteiger partial charge in [-0.25, -0.2) is 0 Å². The van der Waals surface area contributed by atoms with Gasteiger partial charge in [-0.1, -0.05) is 48.4 Å². The Bertz CT molecular complexity index is 733. The smallest absolute Gasteiger partial charge is 0.0724 e. The lowest BCUT2D eigenvalue weighted by molar-refractivity contribution is 0.790. The molecule has 1 heterocycles. The Labute approximate surface area is 132 Å². The zero-order valence-electron chi connectivity index (χ0n) is 13.0. The van der Waals surface area contributed by atoms with Gasteiger partial charge in [-0.05, 0) is 43.8 Å². The van der Waals surface area contributed by atoms with Crippen molar-refractivity contribution in [3.8, 4) is 23.1 Å². The predicted molar refractivity (Wildman–Crippen MR) is 92.9 cm³/mol. The maximum atomic E-state index is 5.41. The molecule has 1 aromatic carbocycles. The normalized spacial score (nSPS) is 13.7. The number of hydrogen-bond donors (Lipinski definition) is 1. The molecule has 0 saturated heterocycles. The fraction of sp³-hybridized carbons (Fsp3) is 0.150. The van der Waals surface area contributed by atoms with E-state index in [1.165, 1.54) is 6.20 Å². The van der Waals surface area contributed by atoms with Crippen LogP contribution < -0.4 is 5.73 Å². The molecule has 0 aliphatic heterocycles. The third-order valence-electron chi connectivity index (χ3n) is 3.46. The Morgan fingerprint density at radius 3 is 2.55 bits per heavy atom. The summed E-state index contributed by atoms with van der Waals surface area (Å²) in [7, 11) is 0. The molecular formula is C20H20N2. The van der Waals surface area contributed by atoms with Crippen LogP contribution in [0.5, 0.6) is 0 Å².